The van der Waals surface area contributed by atoms with Crippen LogP contribution in [0.15, 0.2) is 0 Å². The van der Waals surface area contributed by atoms with E-state index in [0.29, 0.717) is 18.1 Å². The second-order valence-corrected chi connectivity index (χ2v) is 2.75. The molecule has 84 valence electrons. The molecule has 0 aliphatic carbocycles. The molecule has 0 saturated heterocycles. The van der Waals surface area contributed by atoms with E-state index in [4.69, 9.17) is 21.3 Å². The summed E-state index contributed by atoms with van der Waals surface area (Å²) in [7, 11) is 0. The van der Waals surface area contributed by atoms with Crippen molar-refractivity contribution in [1.82, 2.24) is 9.97 Å². The Labute approximate surface area is 87.5 Å². The van der Waals surface area contributed by atoms with Crippen LogP contribution in [0.1, 0.15) is 6.92 Å². The van der Waals surface area contributed by atoms with Gasteiger partial charge in [0, 0.05) is 6.54 Å². The Kier molecular flexibility index (Phi) is 3.92. The number of aromatic nitrogens is 2. The van der Waals surface area contributed by atoms with Gasteiger partial charge in [-0.2, -0.15) is 9.97 Å². The Morgan fingerprint density at radius 1 is 1.40 bits per heavy atom. The predicted octanol–water partition coefficient (Wildman–Crippen LogP) is -0.556. The molecule has 0 spiro atoms. The Balaban J connectivity index is 2.93. The van der Waals surface area contributed by atoms with E-state index in [-0.39, 0.29) is 25.0 Å². The van der Waals surface area contributed by atoms with Crippen LogP contribution < -0.4 is 21.5 Å². The molecule has 0 bridgehead atoms. The highest BCUT2D eigenvalue weighted by atomic mass is 16.5. The van der Waals surface area contributed by atoms with Gasteiger partial charge in [-0.3, -0.25) is 0 Å². The number of ether oxygens (including phenoxy) is 1. The van der Waals surface area contributed by atoms with Crippen molar-refractivity contribution in [1.29, 1.82) is 0 Å². The fraction of sp³-hybridized carbons (Fsp3) is 0.500. The number of hydrogen-bond donors (Lipinski definition) is 4. The SMILES string of the molecule is CCNc1nc(N)nc(OCCO)c1N. The molecule has 0 aliphatic rings. The molecule has 0 fully saturated rings. The zero-order chi connectivity index (χ0) is 11.3. The number of nitrogen functional groups attached to an aromatic ring is 2. The third-order valence-electron chi connectivity index (χ3n) is 1.60. The lowest BCUT2D eigenvalue weighted by Gasteiger charge is -2.11. The second kappa shape index (κ2) is 5.20. The maximum atomic E-state index is 8.60. The van der Waals surface area contributed by atoms with Crippen LogP contribution in [0.4, 0.5) is 17.5 Å². The van der Waals surface area contributed by atoms with Crippen molar-refractivity contribution in [3.63, 3.8) is 0 Å². The monoisotopic (exact) mass is 213 g/mol. The smallest absolute Gasteiger partial charge is 0.244 e. The van der Waals surface area contributed by atoms with Crippen molar-refractivity contribution in [2.24, 2.45) is 0 Å². The lowest BCUT2D eigenvalue weighted by atomic mass is 10.4. The average Bonchev–Trinajstić information content (AvgIpc) is 2.21. The lowest BCUT2D eigenvalue weighted by Crippen LogP contribution is -2.11. The van der Waals surface area contributed by atoms with Gasteiger partial charge < -0.3 is 26.6 Å². The summed E-state index contributed by atoms with van der Waals surface area (Å²) in [6.07, 6.45) is 0. The van der Waals surface area contributed by atoms with Gasteiger partial charge in [0.2, 0.25) is 11.8 Å². The van der Waals surface area contributed by atoms with Crippen LogP contribution in [0, 0.1) is 0 Å². The maximum absolute atomic E-state index is 8.60. The van der Waals surface area contributed by atoms with Crippen molar-refractivity contribution in [3.8, 4) is 5.88 Å². The van der Waals surface area contributed by atoms with Crippen molar-refractivity contribution in [2.75, 3.05) is 36.5 Å². The molecule has 0 saturated carbocycles. The number of aliphatic hydroxyl groups is 1. The van der Waals surface area contributed by atoms with E-state index in [9.17, 15) is 0 Å². The van der Waals surface area contributed by atoms with Crippen LogP contribution in [0.5, 0.6) is 5.88 Å². The van der Waals surface area contributed by atoms with E-state index in [1.54, 1.807) is 0 Å². The van der Waals surface area contributed by atoms with Crippen molar-refractivity contribution < 1.29 is 9.84 Å². The van der Waals surface area contributed by atoms with E-state index in [2.05, 4.69) is 15.3 Å². The first-order chi connectivity index (χ1) is 7.19. The molecule has 6 N–H and O–H groups in total. The summed E-state index contributed by atoms with van der Waals surface area (Å²) in [5.74, 6) is 0.707. The molecule has 7 nitrogen and oxygen atoms in total. The molecule has 0 aromatic carbocycles. The number of nitrogens with zero attached hydrogens (tertiary/aromatic N) is 2. The molecule has 1 rings (SSSR count). The zero-order valence-electron chi connectivity index (χ0n) is 8.53. The number of aliphatic hydroxyl groups excluding tert-OH is 1. The molecular weight excluding hydrogens is 198 g/mol. The topological polar surface area (TPSA) is 119 Å². The first kappa shape index (κ1) is 11.3. The Bertz CT molecular complexity index is 331. The molecule has 1 heterocycles. The van der Waals surface area contributed by atoms with Gasteiger partial charge in [-0.25, -0.2) is 0 Å². The minimum atomic E-state index is -0.111. The van der Waals surface area contributed by atoms with E-state index in [0.717, 1.165) is 0 Å². The van der Waals surface area contributed by atoms with Gasteiger partial charge in [0.25, 0.3) is 0 Å². The summed E-state index contributed by atoms with van der Waals surface area (Å²) in [6.45, 7) is 2.58. The van der Waals surface area contributed by atoms with Crippen LogP contribution in [-0.2, 0) is 0 Å². The quantitative estimate of drug-likeness (QED) is 0.517. The molecule has 15 heavy (non-hydrogen) atoms. The highest BCUT2D eigenvalue weighted by Crippen LogP contribution is 2.26. The minimum absolute atomic E-state index is 0.0769. The van der Waals surface area contributed by atoms with Crippen molar-refractivity contribution >= 4 is 17.5 Å². The molecule has 1 aromatic heterocycles. The van der Waals surface area contributed by atoms with Gasteiger partial charge in [0.05, 0.1) is 6.61 Å². The fourth-order valence-electron chi connectivity index (χ4n) is 1.02. The van der Waals surface area contributed by atoms with Gasteiger partial charge in [-0.1, -0.05) is 0 Å². The third-order valence-corrected chi connectivity index (χ3v) is 1.60. The number of rotatable bonds is 5. The van der Waals surface area contributed by atoms with Crippen molar-refractivity contribution in [2.45, 2.75) is 6.92 Å². The van der Waals surface area contributed by atoms with Crippen LogP contribution >= 0.6 is 0 Å². The summed E-state index contributed by atoms with van der Waals surface area (Å²) >= 11 is 0. The van der Waals surface area contributed by atoms with E-state index in [1.807, 2.05) is 6.92 Å². The maximum Gasteiger partial charge on any atom is 0.244 e. The number of hydrogen-bond acceptors (Lipinski definition) is 7. The first-order valence-corrected chi connectivity index (χ1v) is 4.59. The molecule has 0 amide bonds. The Hall–Kier alpha value is -1.76. The number of anilines is 3. The van der Waals surface area contributed by atoms with E-state index >= 15 is 0 Å². The lowest BCUT2D eigenvalue weighted by molar-refractivity contribution is 0.197. The summed E-state index contributed by atoms with van der Waals surface area (Å²) in [5, 5.41) is 11.5. The fourth-order valence-corrected chi connectivity index (χ4v) is 1.02. The van der Waals surface area contributed by atoms with Gasteiger partial charge in [-0.05, 0) is 6.92 Å². The highest BCUT2D eigenvalue weighted by Gasteiger charge is 2.10. The number of nitrogens with two attached hydrogens (primary N) is 2. The molecule has 0 radical (unpaired) electrons. The average molecular weight is 213 g/mol. The summed E-state index contributed by atoms with van der Waals surface area (Å²) in [6, 6.07) is 0. The third kappa shape index (κ3) is 2.84. The van der Waals surface area contributed by atoms with Crippen LogP contribution in [-0.4, -0.2) is 34.8 Å². The van der Waals surface area contributed by atoms with Crippen molar-refractivity contribution in [3.05, 3.63) is 0 Å². The van der Waals surface area contributed by atoms with E-state index < -0.39 is 0 Å². The van der Waals surface area contributed by atoms with Gasteiger partial charge in [0.15, 0.2) is 5.82 Å². The molecule has 0 aliphatic heterocycles. The summed E-state index contributed by atoms with van der Waals surface area (Å²) in [4.78, 5) is 7.74. The molecule has 1 aromatic rings. The molecule has 0 atom stereocenters. The molecule has 7 heteroatoms. The summed E-state index contributed by atoms with van der Waals surface area (Å²) < 4.78 is 5.11. The first-order valence-electron chi connectivity index (χ1n) is 4.59. The van der Waals surface area contributed by atoms with Crippen LogP contribution in [0.3, 0.4) is 0 Å². The number of nitrogens with one attached hydrogen (secondary N) is 1. The van der Waals surface area contributed by atoms with Gasteiger partial charge >= 0.3 is 0 Å². The van der Waals surface area contributed by atoms with Gasteiger partial charge in [0.1, 0.15) is 12.3 Å². The predicted molar refractivity (Wildman–Crippen MR) is 57.6 cm³/mol. The zero-order valence-corrected chi connectivity index (χ0v) is 8.53. The van der Waals surface area contributed by atoms with E-state index in [1.165, 1.54) is 0 Å². The standard InChI is InChI=1S/C8H15N5O2/c1-2-11-6-5(9)7(15-4-3-14)13-8(10)12-6/h14H,2-4,9H2,1H3,(H3,10,11,12,13). The van der Waals surface area contributed by atoms with Crippen LogP contribution in [0.25, 0.3) is 0 Å². The minimum Gasteiger partial charge on any atom is -0.474 e. The molecular formula is C8H15N5O2. The summed E-state index contributed by atoms with van der Waals surface area (Å²) in [5.41, 5.74) is 11.5. The highest BCUT2D eigenvalue weighted by molar-refractivity contribution is 5.68. The second-order valence-electron chi connectivity index (χ2n) is 2.75. The Morgan fingerprint density at radius 3 is 2.73 bits per heavy atom. The Morgan fingerprint density at radius 2 is 2.13 bits per heavy atom. The van der Waals surface area contributed by atoms with Crippen LogP contribution in [0.2, 0.25) is 0 Å². The molecule has 0 unspecified atom stereocenters. The van der Waals surface area contributed by atoms with Gasteiger partial charge in [-0.15, -0.1) is 0 Å². The normalized spacial score (nSPS) is 10.0. The largest absolute Gasteiger partial charge is 0.474 e.